The van der Waals surface area contributed by atoms with Gasteiger partial charge in [0.1, 0.15) is 0 Å². The van der Waals surface area contributed by atoms with E-state index in [4.69, 9.17) is 10.5 Å². The summed E-state index contributed by atoms with van der Waals surface area (Å²) in [5, 5.41) is 0. The lowest BCUT2D eigenvalue weighted by Crippen LogP contribution is -2.55. The highest BCUT2D eigenvalue weighted by Gasteiger charge is 2.38. The van der Waals surface area contributed by atoms with Crippen molar-refractivity contribution in [1.29, 1.82) is 0 Å². The molecule has 1 saturated carbocycles. The first-order valence-electron chi connectivity index (χ1n) is 8.39. The number of morpholine rings is 1. The van der Waals surface area contributed by atoms with Gasteiger partial charge in [-0.3, -0.25) is 4.90 Å². The molecule has 2 saturated heterocycles. The Labute approximate surface area is 117 Å². The van der Waals surface area contributed by atoms with Crippen molar-refractivity contribution >= 4 is 0 Å². The molecule has 110 valence electrons. The van der Waals surface area contributed by atoms with Crippen molar-refractivity contribution in [3.63, 3.8) is 0 Å². The van der Waals surface area contributed by atoms with Crippen LogP contribution in [0.1, 0.15) is 51.9 Å². The second-order valence-electron chi connectivity index (χ2n) is 6.94. The Hall–Kier alpha value is -0.120. The van der Waals surface area contributed by atoms with Crippen molar-refractivity contribution in [1.82, 2.24) is 4.90 Å². The van der Waals surface area contributed by atoms with Gasteiger partial charge in [-0.15, -0.1) is 0 Å². The van der Waals surface area contributed by atoms with Crippen molar-refractivity contribution in [2.75, 3.05) is 19.7 Å². The van der Waals surface area contributed by atoms with E-state index in [1.807, 2.05) is 0 Å². The third-order valence-corrected chi connectivity index (χ3v) is 5.79. The molecule has 3 heteroatoms. The van der Waals surface area contributed by atoms with E-state index in [-0.39, 0.29) is 12.1 Å². The highest BCUT2D eigenvalue weighted by Crippen LogP contribution is 2.34. The molecule has 5 atom stereocenters. The number of rotatable bonds is 3. The summed E-state index contributed by atoms with van der Waals surface area (Å²) < 4.78 is 6.11. The highest BCUT2D eigenvalue weighted by molar-refractivity contribution is 4.92. The van der Waals surface area contributed by atoms with Crippen molar-refractivity contribution < 1.29 is 4.74 Å². The Bertz CT molecular complexity index is 296. The van der Waals surface area contributed by atoms with Crippen LogP contribution in [0.2, 0.25) is 0 Å². The summed E-state index contributed by atoms with van der Waals surface area (Å²) in [4.78, 5) is 2.62. The van der Waals surface area contributed by atoms with E-state index in [0.29, 0.717) is 12.0 Å². The molecule has 3 aliphatic rings. The molecule has 0 aromatic rings. The van der Waals surface area contributed by atoms with Crippen LogP contribution in [0.3, 0.4) is 0 Å². The molecule has 1 aliphatic carbocycles. The summed E-state index contributed by atoms with van der Waals surface area (Å²) in [7, 11) is 0. The van der Waals surface area contributed by atoms with Gasteiger partial charge >= 0.3 is 0 Å². The maximum atomic E-state index is 6.57. The Balaban J connectivity index is 1.56. The normalized spacial score (nSPS) is 42.0. The van der Waals surface area contributed by atoms with Crippen LogP contribution in [-0.4, -0.2) is 42.8 Å². The molecule has 2 aliphatic heterocycles. The minimum Gasteiger partial charge on any atom is -0.374 e. The van der Waals surface area contributed by atoms with Gasteiger partial charge in [-0.25, -0.2) is 0 Å². The Kier molecular flexibility index (Phi) is 4.45. The zero-order chi connectivity index (χ0) is 13.2. The van der Waals surface area contributed by atoms with Crippen molar-refractivity contribution in [3.05, 3.63) is 0 Å². The Morgan fingerprint density at radius 1 is 1.26 bits per heavy atom. The fourth-order valence-electron chi connectivity index (χ4n) is 4.43. The molecule has 2 heterocycles. The average molecular weight is 266 g/mol. The fourth-order valence-corrected chi connectivity index (χ4v) is 4.43. The van der Waals surface area contributed by atoms with Gasteiger partial charge in [0.15, 0.2) is 0 Å². The van der Waals surface area contributed by atoms with E-state index in [1.54, 1.807) is 0 Å². The van der Waals surface area contributed by atoms with Crippen LogP contribution in [0.4, 0.5) is 0 Å². The third-order valence-electron chi connectivity index (χ3n) is 5.79. The van der Waals surface area contributed by atoms with E-state index in [0.717, 1.165) is 19.1 Å². The quantitative estimate of drug-likeness (QED) is 0.852. The summed E-state index contributed by atoms with van der Waals surface area (Å²) >= 11 is 0. The molecular formula is C16H30N2O. The lowest BCUT2D eigenvalue weighted by atomic mass is 9.75. The number of hydrogen-bond acceptors (Lipinski definition) is 3. The first-order valence-corrected chi connectivity index (χ1v) is 8.39. The summed E-state index contributed by atoms with van der Waals surface area (Å²) in [5.41, 5.74) is 6.57. The predicted octanol–water partition coefficient (Wildman–Crippen LogP) is 2.39. The van der Waals surface area contributed by atoms with Gasteiger partial charge in [-0.1, -0.05) is 26.2 Å². The summed E-state index contributed by atoms with van der Waals surface area (Å²) in [6, 6.07) is 0.953. The number of nitrogens with two attached hydrogens (primary N) is 1. The molecule has 3 fully saturated rings. The van der Waals surface area contributed by atoms with Gasteiger partial charge < -0.3 is 10.5 Å². The number of fused-ring (bicyclic) bond motifs is 1. The van der Waals surface area contributed by atoms with Crippen LogP contribution in [-0.2, 0) is 4.74 Å². The molecule has 0 amide bonds. The topological polar surface area (TPSA) is 38.5 Å². The van der Waals surface area contributed by atoms with Crippen LogP contribution in [0.5, 0.6) is 0 Å². The van der Waals surface area contributed by atoms with E-state index in [1.165, 1.54) is 51.5 Å². The van der Waals surface area contributed by atoms with E-state index in [9.17, 15) is 0 Å². The smallest absolute Gasteiger partial charge is 0.0856 e. The maximum Gasteiger partial charge on any atom is 0.0856 e. The van der Waals surface area contributed by atoms with Gasteiger partial charge in [0, 0.05) is 18.6 Å². The minimum absolute atomic E-state index is 0.260. The zero-order valence-corrected chi connectivity index (χ0v) is 12.4. The minimum atomic E-state index is 0.260. The third kappa shape index (κ3) is 2.98. The summed E-state index contributed by atoms with van der Waals surface area (Å²) in [5.74, 6) is 1.61. The largest absolute Gasteiger partial charge is 0.374 e. The summed E-state index contributed by atoms with van der Waals surface area (Å²) in [6.07, 6.45) is 9.72. The van der Waals surface area contributed by atoms with Crippen LogP contribution >= 0.6 is 0 Å². The molecular weight excluding hydrogens is 236 g/mol. The lowest BCUT2D eigenvalue weighted by Gasteiger charge is -2.42. The van der Waals surface area contributed by atoms with Crippen LogP contribution in [0, 0.1) is 11.8 Å². The van der Waals surface area contributed by atoms with E-state index in [2.05, 4.69) is 11.8 Å². The van der Waals surface area contributed by atoms with Gasteiger partial charge in [0.25, 0.3) is 0 Å². The van der Waals surface area contributed by atoms with Crippen LogP contribution < -0.4 is 5.73 Å². The standard InChI is InChI=1S/C16H30N2O/c1-2-12-5-3-6-13(9-12)16(17)15-10-18-8-4-7-14(18)11-19-15/h12-16H,2-11,17H2,1H3. The van der Waals surface area contributed by atoms with Crippen LogP contribution in [0.15, 0.2) is 0 Å². The lowest BCUT2D eigenvalue weighted by molar-refractivity contribution is -0.0704. The van der Waals surface area contributed by atoms with Gasteiger partial charge in [0.05, 0.1) is 12.7 Å². The molecule has 3 rings (SSSR count). The van der Waals surface area contributed by atoms with Gasteiger partial charge in [-0.05, 0) is 44.1 Å². The molecule has 0 bridgehead atoms. The molecule has 2 N–H and O–H groups in total. The molecule has 3 nitrogen and oxygen atoms in total. The van der Waals surface area contributed by atoms with E-state index >= 15 is 0 Å². The predicted molar refractivity (Wildman–Crippen MR) is 78.0 cm³/mol. The number of hydrogen-bond donors (Lipinski definition) is 1. The summed E-state index contributed by atoms with van der Waals surface area (Å²) in [6.45, 7) is 5.59. The molecule has 0 aromatic carbocycles. The molecule has 0 spiro atoms. The fraction of sp³-hybridized carbons (Fsp3) is 1.00. The second kappa shape index (κ2) is 6.11. The Morgan fingerprint density at radius 2 is 2.16 bits per heavy atom. The van der Waals surface area contributed by atoms with Crippen LogP contribution in [0.25, 0.3) is 0 Å². The molecule has 0 aromatic heterocycles. The van der Waals surface area contributed by atoms with Crippen molar-refractivity contribution in [2.24, 2.45) is 17.6 Å². The van der Waals surface area contributed by atoms with Crippen molar-refractivity contribution in [2.45, 2.75) is 70.1 Å². The zero-order valence-electron chi connectivity index (χ0n) is 12.4. The first-order chi connectivity index (χ1) is 9.28. The highest BCUT2D eigenvalue weighted by atomic mass is 16.5. The molecule has 5 unspecified atom stereocenters. The van der Waals surface area contributed by atoms with E-state index < -0.39 is 0 Å². The van der Waals surface area contributed by atoms with Gasteiger partial charge in [-0.2, -0.15) is 0 Å². The number of ether oxygens (including phenoxy) is 1. The van der Waals surface area contributed by atoms with Crippen molar-refractivity contribution in [3.8, 4) is 0 Å². The SMILES string of the molecule is CCC1CCCC(C(N)C2CN3CCCC3CO2)C1. The average Bonchev–Trinajstić information content (AvgIpc) is 2.94. The number of nitrogens with zero attached hydrogens (tertiary/aromatic N) is 1. The monoisotopic (exact) mass is 266 g/mol. The van der Waals surface area contributed by atoms with Gasteiger partial charge in [0.2, 0.25) is 0 Å². The molecule has 19 heavy (non-hydrogen) atoms. The molecule has 0 radical (unpaired) electrons. The second-order valence-corrected chi connectivity index (χ2v) is 6.94. The maximum absolute atomic E-state index is 6.57. The Morgan fingerprint density at radius 3 is 3.00 bits per heavy atom. The first kappa shape index (κ1) is 13.8.